The van der Waals surface area contributed by atoms with Gasteiger partial charge in [-0.3, -0.25) is 9.98 Å². The molecule has 5 heteroatoms. The quantitative estimate of drug-likeness (QED) is 0.344. The maximum absolute atomic E-state index is 11.3. The predicted molar refractivity (Wildman–Crippen MR) is 68.3 cm³/mol. The fourth-order valence-electron chi connectivity index (χ4n) is 0.967. The Bertz CT molecular complexity index is 417. The van der Waals surface area contributed by atoms with Gasteiger partial charge in [-0.15, -0.1) is 0 Å². The maximum atomic E-state index is 11.3. The van der Waals surface area contributed by atoms with Crippen LogP contribution in [0.5, 0.6) is 0 Å². The number of carbonyl (C=O) groups is 1. The number of methoxy groups -OCH3 is 1. The first-order valence-electron chi connectivity index (χ1n) is 4.83. The fraction of sp³-hybridized carbons (Fsp3) is 0.250. The van der Waals surface area contributed by atoms with Crippen LogP contribution >= 0.6 is 0 Å². The molecule has 0 aromatic carbocycles. The van der Waals surface area contributed by atoms with Gasteiger partial charge in [0.2, 0.25) is 0 Å². The van der Waals surface area contributed by atoms with Crippen LogP contribution in [0.1, 0.15) is 13.8 Å². The number of esters is 1. The summed E-state index contributed by atoms with van der Waals surface area (Å²) in [5, 5.41) is 9.89. The van der Waals surface area contributed by atoms with E-state index in [2.05, 4.69) is 28.0 Å². The number of rotatable bonds is 5. The molecule has 17 heavy (non-hydrogen) atoms. The second-order valence-corrected chi connectivity index (χ2v) is 3.09. The van der Waals surface area contributed by atoms with Crippen molar-refractivity contribution in [3.63, 3.8) is 0 Å². The van der Waals surface area contributed by atoms with Crippen molar-refractivity contribution in [2.24, 2.45) is 9.98 Å². The van der Waals surface area contributed by atoms with Gasteiger partial charge in [-0.1, -0.05) is 12.7 Å². The number of nitrogens with zero attached hydrogens (tertiary/aromatic N) is 2. The average molecular weight is 236 g/mol. The minimum Gasteiger partial charge on any atom is -0.504 e. The fourth-order valence-corrected chi connectivity index (χ4v) is 0.967. The molecule has 0 spiro atoms. The van der Waals surface area contributed by atoms with E-state index in [1.807, 2.05) is 0 Å². The Balaban J connectivity index is 5.67. The molecule has 0 aliphatic rings. The largest absolute Gasteiger partial charge is 0.504 e. The van der Waals surface area contributed by atoms with Gasteiger partial charge in [0, 0.05) is 6.20 Å². The summed E-state index contributed by atoms with van der Waals surface area (Å²) in [7, 11) is 1.18. The molecule has 0 aliphatic heterocycles. The van der Waals surface area contributed by atoms with Gasteiger partial charge in [0.15, 0.2) is 11.5 Å². The number of carbonyl (C=O) groups excluding carboxylic acids is 1. The smallest absolute Gasteiger partial charge is 0.360 e. The summed E-state index contributed by atoms with van der Waals surface area (Å²) in [4.78, 5) is 18.7. The standard InChI is InChI=1S/C12H16N2O3/c1-6-7-14-9(8(2)3)11(15)10(13-4)12(16)17-5/h6-7,15H,2,4H2,1,3,5H3/b7-6-,11-10+,14-9-. The van der Waals surface area contributed by atoms with Crippen LogP contribution in [0.2, 0.25) is 0 Å². The van der Waals surface area contributed by atoms with Gasteiger partial charge in [0.25, 0.3) is 0 Å². The lowest BCUT2D eigenvalue weighted by molar-refractivity contribution is -0.136. The van der Waals surface area contributed by atoms with Crippen molar-refractivity contribution in [3.05, 3.63) is 35.9 Å². The molecule has 0 amide bonds. The van der Waals surface area contributed by atoms with Crippen LogP contribution in [-0.2, 0) is 9.53 Å². The average Bonchev–Trinajstić information content (AvgIpc) is 2.29. The summed E-state index contributed by atoms with van der Waals surface area (Å²) in [5.74, 6) is -1.19. The molecule has 0 aromatic rings. The Morgan fingerprint density at radius 2 is 2.06 bits per heavy atom. The van der Waals surface area contributed by atoms with Crippen molar-refractivity contribution in [1.82, 2.24) is 0 Å². The molecule has 0 bridgehead atoms. The molecule has 0 saturated heterocycles. The van der Waals surface area contributed by atoms with E-state index in [1.165, 1.54) is 13.3 Å². The van der Waals surface area contributed by atoms with E-state index >= 15 is 0 Å². The SMILES string of the molecule is C=N\C(C(=O)OC)=C(O)/C(=N\C=C/C)C(=C)C. The molecule has 5 nitrogen and oxygen atoms in total. The Morgan fingerprint density at radius 1 is 1.47 bits per heavy atom. The van der Waals surface area contributed by atoms with Crippen molar-refractivity contribution >= 4 is 18.4 Å². The molecule has 0 saturated carbocycles. The lowest BCUT2D eigenvalue weighted by Gasteiger charge is -2.06. The lowest BCUT2D eigenvalue weighted by Crippen LogP contribution is -2.12. The minimum absolute atomic E-state index is 0.163. The summed E-state index contributed by atoms with van der Waals surface area (Å²) in [6.45, 7) is 10.3. The first kappa shape index (κ1) is 14.8. The van der Waals surface area contributed by atoms with E-state index in [1.54, 1.807) is 19.9 Å². The van der Waals surface area contributed by atoms with Crippen LogP contribution in [-0.4, -0.2) is 30.6 Å². The van der Waals surface area contributed by atoms with Crippen molar-refractivity contribution in [1.29, 1.82) is 0 Å². The second-order valence-electron chi connectivity index (χ2n) is 3.09. The Labute approximate surface area is 101 Å². The number of aliphatic hydroxyl groups excluding tert-OH is 1. The molecule has 0 unspecified atom stereocenters. The summed E-state index contributed by atoms with van der Waals surface area (Å²) >= 11 is 0. The maximum Gasteiger partial charge on any atom is 0.360 e. The van der Waals surface area contributed by atoms with Crippen molar-refractivity contribution in [3.8, 4) is 0 Å². The van der Waals surface area contributed by atoms with E-state index in [0.717, 1.165) is 0 Å². The third kappa shape index (κ3) is 4.06. The minimum atomic E-state index is -0.785. The number of hydrogen-bond acceptors (Lipinski definition) is 5. The van der Waals surface area contributed by atoms with Gasteiger partial charge >= 0.3 is 5.97 Å². The lowest BCUT2D eigenvalue weighted by atomic mass is 10.1. The summed E-state index contributed by atoms with van der Waals surface area (Å²) in [6.07, 6.45) is 3.15. The normalized spacial score (nSPS) is 13.2. The summed E-state index contributed by atoms with van der Waals surface area (Å²) in [5.41, 5.74) is 0.361. The third-order valence-corrected chi connectivity index (χ3v) is 1.74. The molecule has 0 atom stereocenters. The van der Waals surface area contributed by atoms with Gasteiger partial charge in [-0.2, -0.15) is 0 Å². The number of allylic oxidation sites excluding steroid dienone is 2. The molecule has 0 fully saturated rings. The zero-order chi connectivity index (χ0) is 13.4. The highest BCUT2D eigenvalue weighted by Crippen LogP contribution is 2.12. The first-order valence-corrected chi connectivity index (χ1v) is 4.83. The predicted octanol–water partition coefficient (Wildman–Crippen LogP) is 2.18. The number of ether oxygens (including phenoxy) is 1. The number of aliphatic hydroxyl groups is 1. The van der Waals surface area contributed by atoms with Crippen molar-refractivity contribution in [2.45, 2.75) is 13.8 Å². The van der Waals surface area contributed by atoms with Gasteiger partial charge in [-0.25, -0.2) is 4.79 Å². The monoisotopic (exact) mass is 236 g/mol. The first-order chi connectivity index (χ1) is 7.99. The van der Waals surface area contributed by atoms with Crippen LogP contribution in [0.4, 0.5) is 0 Å². The van der Waals surface area contributed by atoms with Gasteiger partial charge in [0.05, 0.1) is 7.11 Å². The highest BCUT2D eigenvalue weighted by atomic mass is 16.5. The highest BCUT2D eigenvalue weighted by Gasteiger charge is 2.18. The van der Waals surface area contributed by atoms with E-state index in [0.29, 0.717) is 5.57 Å². The third-order valence-electron chi connectivity index (χ3n) is 1.74. The molecule has 0 rings (SSSR count). The van der Waals surface area contributed by atoms with Crippen molar-refractivity contribution < 1.29 is 14.6 Å². The molecule has 0 aliphatic carbocycles. The molecule has 0 heterocycles. The summed E-state index contributed by atoms with van der Waals surface area (Å²) in [6, 6.07) is 0. The van der Waals surface area contributed by atoms with E-state index < -0.39 is 11.7 Å². The van der Waals surface area contributed by atoms with Crippen LogP contribution < -0.4 is 0 Å². The molecule has 0 radical (unpaired) electrons. The zero-order valence-electron chi connectivity index (χ0n) is 10.2. The molecule has 92 valence electrons. The van der Waals surface area contributed by atoms with Crippen molar-refractivity contribution in [2.75, 3.05) is 7.11 Å². The van der Waals surface area contributed by atoms with Gasteiger partial charge in [0.1, 0.15) is 5.71 Å². The molecular weight excluding hydrogens is 220 g/mol. The van der Waals surface area contributed by atoms with E-state index in [-0.39, 0.29) is 11.4 Å². The summed E-state index contributed by atoms with van der Waals surface area (Å²) < 4.78 is 4.47. The van der Waals surface area contributed by atoms with Gasteiger partial charge < -0.3 is 9.84 Å². The van der Waals surface area contributed by atoms with Crippen LogP contribution in [0.3, 0.4) is 0 Å². The Hall–Kier alpha value is -2.17. The second kappa shape index (κ2) is 7.16. The number of aliphatic imine (C=N–C) groups is 2. The van der Waals surface area contributed by atoms with E-state index in [9.17, 15) is 9.90 Å². The topological polar surface area (TPSA) is 71.2 Å². The molecule has 0 aromatic heterocycles. The number of hydrogen-bond donors (Lipinski definition) is 1. The van der Waals surface area contributed by atoms with E-state index in [4.69, 9.17) is 0 Å². The van der Waals surface area contributed by atoms with Crippen LogP contribution in [0.25, 0.3) is 0 Å². The molecule has 1 N–H and O–H groups in total. The van der Waals surface area contributed by atoms with Crippen LogP contribution in [0, 0.1) is 0 Å². The van der Waals surface area contributed by atoms with Crippen LogP contribution in [0.15, 0.2) is 45.9 Å². The molecular formula is C12H16N2O3. The zero-order valence-corrected chi connectivity index (χ0v) is 10.2. The Kier molecular flexibility index (Phi) is 6.25. The highest BCUT2D eigenvalue weighted by molar-refractivity contribution is 6.13. The van der Waals surface area contributed by atoms with Gasteiger partial charge in [-0.05, 0) is 26.1 Å². The Morgan fingerprint density at radius 3 is 2.41 bits per heavy atom.